The Morgan fingerprint density at radius 3 is 2.44 bits per heavy atom. The molecule has 0 aromatic heterocycles. The van der Waals surface area contributed by atoms with E-state index >= 15 is 0 Å². The Morgan fingerprint density at radius 1 is 1.22 bits per heavy atom. The normalized spacial score (nSPS) is 15.5. The Labute approximate surface area is 118 Å². The Balaban J connectivity index is 2.30. The number of rotatable bonds is 2. The molecule has 0 spiro atoms. The van der Waals surface area contributed by atoms with E-state index < -0.39 is 5.97 Å². The highest BCUT2D eigenvalue weighted by atomic mass is 127. The maximum atomic E-state index is 12.3. The minimum atomic E-state index is -1.02. The highest BCUT2D eigenvalue weighted by Crippen LogP contribution is 2.19. The smallest absolute Gasteiger partial charge is 0.336 e. The van der Waals surface area contributed by atoms with Gasteiger partial charge < -0.3 is 14.7 Å². The molecule has 6 heteroatoms. The third-order valence-electron chi connectivity index (χ3n) is 2.76. The van der Waals surface area contributed by atoms with Crippen molar-refractivity contribution in [3.63, 3.8) is 0 Å². The molecule has 0 unspecified atom stereocenters. The maximum Gasteiger partial charge on any atom is 0.336 e. The van der Waals surface area contributed by atoms with Crippen molar-refractivity contribution >= 4 is 34.5 Å². The molecule has 0 aliphatic carbocycles. The van der Waals surface area contributed by atoms with E-state index in [0.29, 0.717) is 35.4 Å². The number of carbonyl (C=O) groups excluding carboxylic acids is 1. The van der Waals surface area contributed by atoms with Crippen LogP contribution >= 0.6 is 22.6 Å². The van der Waals surface area contributed by atoms with Crippen LogP contribution in [-0.2, 0) is 4.74 Å². The van der Waals surface area contributed by atoms with Crippen molar-refractivity contribution in [1.29, 1.82) is 0 Å². The van der Waals surface area contributed by atoms with Gasteiger partial charge >= 0.3 is 5.97 Å². The largest absolute Gasteiger partial charge is 0.478 e. The molecule has 96 valence electrons. The molecule has 5 nitrogen and oxygen atoms in total. The molecule has 1 aliphatic rings. The van der Waals surface area contributed by atoms with Gasteiger partial charge in [0.15, 0.2) is 0 Å². The monoisotopic (exact) mass is 361 g/mol. The van der Waals surface area contributed by atoms with Crippen molar-refractivity contribution in [3.8, 4) is 0 Å². The van der Waals surface area contributed by atoms with Crippen molar-refractivity contribution < 1.29 is 19.4 Å². The van der Waals surface area contributed by atoms with Gasteiger partial charge in [-0.2, -0.15) is 0 Å². The van der Waals surface area contributed by atoms with Gasteiger partial charge in [-0.1, -0.05) is 6.07 Å². The van der Waals surface area contributed by atoms with Crippen LogP contribution in [0.5, 0.6) is 0 Å². The summed E-state index contributed by atoms with van der Waals surface area (Å²) in [5.41, 5.74) is 0.604. The van der Waals surface area contributed by atoms with Crippen molar-refractivity contribution in [1.82, 2.24) is 4.90 Å². The second-order valence-electron chi connectivity index (χ2n) is 3.88. The Bertz CT molecular complexity index is 483. The number of ether oxygens (including phenoxy) is 1. The van der Waals surface area contributed by atoms with Gasteiger partial charge in [-0.05, 0) is 34.7 Å². The van der Waals surface area contributed by atoms with Crippen molar-refractivity contribution in [2.45, 2.75) is 0 Å². The first-order chi connectivity index (χ1) is 8.61. The third-order valence-corrected chi connectivity index (χ3v) is 3.92. The average Bonchev–Trinajstić information content (AvgIpc) is 2.39. The second kappa shape index (κ2) is 5.66. The van der Waals surface area contributed by atoms with Crippen LogP contribution in [0.3, 0.4) is 0 Å². The van der Waals surface area contributed by atoms with Crippen LogP contribution in [0.15, 0.2) is 18.2 Å². The molecule has 2 rings (SSSR count). The quantitative estimate of drug-likeness (QED) is 0.811. The van der Waals surface area contributed by atoms with Gasteiger partial charge in [-0.3, -0.25) is 4.79 Å². The molecule has 1 aliphatic heterocycles. The molecule has 1 aromatic rings. The first kappa shape index (κ1) is 13.3. The molecular formula is C12H12INO4. The van der Waals surface area contributed by atoms with Crippen LogP contribution in [0.2, 0.25) is 0 Å². The van der Waals surface area contributed by atoms with E-state index in [1.165, 1.54) is 6.07 Å². The second-order valence-corrected chi connectivity index (χ2v) is 4.96. The summed E-state index contributed by atoms with van der Waals surface area (Å²) in [5, 5.41) is 9.03. The lowest BCUT2D eigenvalue weighted by Crippen LogP contribution is -2.41. The van der Waals surface area contributed by atoms with Gasteiger partial charge in [0, 0.05) is 16.7 Å². The standard InChI is InChI=1S/C12H12INO4/c13-10-8(2-1-3-9(10)12(16)17)11(15)14-4-6-18-7-5-14/h1-3H,4-7H2,(H,16,17). The van der Waals surface area contributed by atoms with E-state index in [2.05, 4.69) is 0 Å². The predicted octanol–water partition coefficient (Wildman–Crippen LogP) is 1.46. The number of carboxylic acid groups (broad SMARTS) is 1. The van der Waals surface area contributed by atoms with E-state index in [9.17, 15) is 9.59 Å². The van der Waals surface area contributed by atoms with Crippen LogP contribution in [0.1, 0.15) is 20.7 Å². The Morgan fingerprint density at radius 2 is 1.83 bits per heavy atom. The molecule has 1 heterocycles. The number of nitrogens with zero attached hydrogens (tertiary/aromatic N) is 1. The lowest BCUT2D eigenvalue weighted by atomic mass is 10.1. The van der Waals surface area contributed by atoms with Crippen LogP contribution in [-0.4, -0.2) is 48.2 Å². The zero-order valence-electron chi connectivity index (χ0n) is 9.56. The number of amides is 1. The number of carboxylic acids is 1. The fourth-order valence-corrected chi connectivity index (χ4v) is 2.62. The highest BCUT2D eigenvalue weighted by molar-refractivity contribution is 14.1. The molecule has 1 saturated heterocycles. The first-order valence-corrected chi connectivity index (χ1v) is 6.58. The van der Waals surface area contributed by atoms with Crippen molar-refractivity contribution in [3.05, 3.63) is 32.9 Å². The summed E-state index contributed by atoms with van der Waals surface area (Å²) >= 11 is 1.91. The fraction of sp³-hybridized carbons (Fsp3) is 0.333. The molecular weight excluding hydrogens is 349 g/mol. The lowest BCUT2D eigenvalue weighted by molar-refractivity contribution is 0.0302. The molecule has 1 N–H and O–H groups in total. The molecule has 0 saturated carbocycles. The number of hydrogen-bond donors (Lipinski definition) is 1. The van der Waals surface area contributed by atoms with Crippen LogP contribution in [0.25, 0.3) is 0 Å². The van der Waals surface area contributed by atoms with Crippen LogP contribution < -0.4 is 0 Å². The van der Waals surface area contributed by atoms with Gasteiger partial charge in [-0.15, -0.1) is 0 Å². The maximum absolute atomic E-state index is 12.3. The van der Waals surface area contributed by atoms with Crippen molar-refractivity contribution in [2.75, 3.05) is 26.3 Å². The molecule has 0 atom stereocenters. The fourth-order valence-electron chi connectivity index (χ4n) is 1.80. The summed E-state index contributed by atoms with van der Waals surface area (Å²) in [5.74, 6) is -1.15. The summed E-state index contributed by atoms with van der Waals surface area (Å²) in [7, 11) is 0. The van der Waals surface area contributed by atoms with Gasteiger partial charge in [0.2, 0.25) is 0 Å². The summed E-state index contributed by atoms with van der Waals surface area (Å²) in [6, 6.07) is 4.76. The lowest BCUT2D eigenvalue weighted by Gasteiger charge is -2.27. The van der Waals surface area contributed by atoms with Crippen molar-refractivity contribution in [2.24, 2.45) is 0 Å². The molecule has 1 aromatic carbocycles. The minimum absolute atomic E-state index is 0.134. The summed E-state index contributed by atoms with van der Waals surface area (Å²) in [6.45, 7) is 2.15. The molecule has 0 radical (unpaired) electrons. The number of hydrogen-bond acceptors (Lipinski definition) is 3. The minimum Gasteiger partial charge on any atom is -0.478 e. The predicted molar refractivity (Wildman–Crippen MR) is 72.8 cm³/mol. The van der Waals surface area contributed by atoms with E-state index in [1.807, 2.05) is 22.6 Å². The Kier molecular flexibility index (Phi) is 4.18. The third kappa shape index (κ3) is 2.64. The van der Waals surface area contributed by atoms with Crippen LogP contribution in [0.4, 0.5) is 0 Å². The zero-order valence-corrected chi connectivity index (χ0v) is 11.7. The average molecular weight is 361 g/mol. The molecule has 1 amide bonds. The Hall–Kier alpha value is -1.15. The van der Waals surface area contributed by atoms with Gasteiger partial charge in [0.1, 0.15) is 0 Å². The number of halogens is 1. The summed E-state index contributed by atoms with van der Waals surface area (Å²) in [4.78, 5) is 25.0. The van der Waals surface area contributed by atoms with E-state index in [1.54, 1.807) is 17.0 Å². The number of benzene rings is 1. The van der Waals surface area contributed by atoms with Crippen LogP contribution in [0, 0.1) is 3.57 Å². The topological polar surface area (TPSA) is 66.8 Å². The zero-order chi connectivity index (χ0) is 13.1. The number of aromatic carboxylic acids is 1. The van der Waals surface area contributed by atoms with Gasteiger partial charge in [0.05, 0.1) is 24.3 Å². The SMILES string of the molecule is O=C(O)c1cccc(C(=O)N2CCOCC2)c1I. The summed E-state index contributed by atoms with van der Waals surface area (Å²) < 4.78 is 5.67. The number of morpholine rings is 1. The molecule has 1 fully saturated rings. The van der Waals surface area contributed by atoms with E-state index in [-0.39, 0.29) is 11.5 Å². The molecule has 18 heavy (non-hydrogen) atoms. The first-order valence-electron chi connectivity index (χ1n) is 5.50. The summed E-state index contributed by atoms with van der Waals surface area (Å²) in [6.07, 6.45) is 0. The number of carbonyl (C=O) groups is 2. The van der Waals surface area contributed by atoms with E-state index in [4.69, 9.17) is 9.84 Å². The van der Waals surface area contributed by atoms with Gasteiger partial charge in [-0.25, -0.2) is 4.79 Å². The highest BCUT2D eigenvalue weighted by Gasteiger charge is 2.22. The van der Waals surface area contributed by atoms with E-state index in [0.717, 1.165) is 0 Å². The van der Waals surface area contributed by atoms with Gasteiger partial charge in [0.25, 0.3) is 5.91 Å². The molecule has 0 bridgehead atoms.